The van der Waals surface area contributed by atoms with E-state index in [-0.39, 0.29) is 97.9 Å². The van der Waals surface area contributed by atoms with Gasteiger partial charge in [-0.1, -0.05) is 23.8 Å². The SMILES string of the molecule is Cc1ccc(OS(=O)(=O)c2ccc(N=Nc3ccc(N=Nc4ccc(Nc5ccc([N+](=O)[O-])cc5S(=O)(=O)[O-])cc4)c4cc(S(=O)(=O)[O-])ccc34)cc2C)cc1.[Na+].[Na+]. The van der Waals surface area contributed by atoms with Gasteiger partial charge in [-0.2, -0.15) is 18.6 Å². The molecule has 0 unspecified atom stereocenters. The standard InChI is InChI=1S/C36H28N6O11S3.2Na/c1-22-3-11-28(12-4-22)53-56(51,52)35-18-9-26(19-23(35)2)39-40-32-16-17-33(31-21-29(54(45,46)47)13-14-30(31)32)41-38-25-7-5-24(6-8-25)37-34-15-10-27(42(43)44)20-36(34)55(48,49)50;;/h3-21,37H,1-2H3,(H,45,46,47)(H,48,49,50);;/q;2*+1/p-2. The summed E-state index contributed by atoms with van der Waals surface area (Å²) < 4.78 is 102. The van der Waals surface area contributed by atoms with Crippen molar-refractivity contribution in [2.75, 3.05) is 5.32 Å². The number of nitro groups is 1. The first-order valence-corrected chi connectivity index (χ1v) is 20.2. The maximum atomic E-state index is 13.0. The summed E-state index contributed by atoms with van der Waals surface area (Å²) in [6.07, 6.45) is 0. The molecule has 17 nitrogen and oxygen atoms in total. The first-order valence-electron chi connectivity index (χ1n) is 16.0. The summed E-state index contributed by atoms with van der Waals surface area (Å²) in [5, 5.41) is 31.3. The third-order valence-electron chi connectivity index (χ3n) is 8.02. The normalized spacial score (nSPS) is 11.9. The van der Waals surface area contributed by atoms with Crippen molar-refractivity contribution in [3.63, 3.8) is 0 Å². The average Bonchev–Trinajstić information content (AvgIpc) is 3.13. The first kappa shape index (κ1) is 46.2. The molecule has 0 saturated carbocycles. The van der Waals surface area contributed by atoms with E-state index >= 15 is 0 Å². The number of nitrogens with zero attached hydrogens (tertiary/aromatic N) is 5. The zero-order valence-electron chi connectivity index (χ0n) is 30.9. The van der Waals surface area contributed by atoms with Gasteiger partial charge in [-0.05, 0) is 104 Å². The Bertz CT molecular complexity index is 2930. The number of aryl methyl sites for hydroxylation is 2. The Balaban J connectivity index is 0.00000372. The molecule has 0 radical (unpaired) electrons. The van der Waals surface area contributed by atoms with Crippen molar-refractivity contribution < 1.29 is 103 Å². The molecule has 286 valence electrons. The molecular formula is C36H26N6Na2O11S3. The van der Waals surface area contributed by atoms with Crippen molar-refractivity contribution in [3.05, 3.63) is 137 Å². The zero-order valence-corrected chi connectivity index (χ0v) is 37.4. The Labute approximate surface area is 376 Å². The molecular weight excluding hydrogens is 835 g/mol. The molecule has 0 saturated heterocycles. The summed E-state index contributed by atoms with van der Waals surface area (Å²) in [4.78, 5) is 8.84. The molecule has 0 fully saturated rings. The Hall–Kier alpha value is -4.45. The fourth-order valence-electron chi connectivity index (χ4n) is 5.29. The molecule has 0 aliphatic rings. The van der Waals surface area contributed by atoms with E-state index in [9.17, 15) is 44.5 Å². The predicted octanol–water partition coefficient (Wildman–Crippen LogP) is 2.52. The summed E-state index contributed by atoms with van der Waals surface area (Å²) in [5.74, 6) is 0.158. The Kier molecular flexibility index (Phi) is 14.9. The summed E-state index contributed by atoms with van der Waals surface area (Å²) in [6.45, 7) is 3.43. The quantitative estimate of drug-likeness (QED) is 0.0465. The van der Waals surface area contributed by atoms with E-state index in [1.165, 1.54) is 60.7 Å². The van der Waals surface area contributed by atoms with Crippen LogP contribution in [-0.4, -0.2) is 39.3 Å². The molecule has 0 spiro atoms. The second-order valence-corrected chi connectivity index (χ2v) is 16.3. The summed E-state index contributed by atoms with van der Waals surface area (Å²) in [5.41, 5.74) is 1.81. The third-order valence-corrected chi connectivity index (χ3v) is 11.1. The predicted molar refractivity (Wildman–Crippen MR) is 201 cm³/mol. The van der Waals surface area contributed by atoms with Gasteiger partial charge >= 0.3 is 69.2 Å². The van der Waals surface area contributed by atoms with E-state index in [2.05, 4.69) is 25.8 Å². The molecule has 6 rings (SSSR count). The molecule has 6 aromatic carbocycles. The van der Waals surface area contributed by atoms with Crippen LogP contribution in [0.2, 0.25) is 0 Å². The van der Waals surface area contributed by atoms with Crippen LogP contribution in [0.1, 0.15) is 11.1 Å². The largest absolute Gasteiger partial charge is 1.00 e. The van der Waals surface area contributed by atoms with Crippen LogP contribution >= 0.6 is 0 Å². The number of rotatable bonds is 12. The summed E-state index contributed by atoms with van der Waals surface area (Å²) in [6, 6.07) is 26.1. The van der Waals surface area contributed by atoms with Gasteiger partial charge in [0.25, 0.3) is 5.69 Å². The molecule has 0 atom stereocenters. The Morgan fingerprint density at radius 2 is 1.21 bits per heavy atom. The van der Waals surface area contributed by atoms with Crippen molar-refractivity contribution >= 4 is 80.9 Å². The fourth-order valence-corrected chi connectivity index (χ4v) is 7.59. The second-order valence-electron chi connectivity index (χ2n) is 12.0. The van der Waals surface area contributed by atoms with Gasteiger partial charge in [-0.3, -0.25) is 10.1 Å². The van der Waals surface area contributed by atoms with Gasteiger partial charge in [0.05, 0.1) is 43.2 Å². The number of fused-ring (bicyclic) bond motifs is 1. The minimum absolute atomic E-state index is 0. The smallest absolute Gasteiger partial charge is 0.744 e. The first-order chi connectivity index (χ1) is 26.4. The Morgan fingerprint density at radius 3 is 1.79 bits per heavy atom. The van der Waals surface area contributed by atoms with Crippen molar-refractivity contribution in [3.8, 4) is 5.75 Å². The monoisotopic (exact) mass is 860 g/mol. The van der Waals surface area contributed by atoms with Crippen LogP contribution in [0.15, 0.2) is 150 Å². The Morgan fingerprint density at radius 1 is 0.603 bits per heavy atom. The summed E-state index contributed by atoms with van der Waals surface area (Å²) in [7, 11) is -14.1. The maximum absolute atomic E-state index is 13.0. The van der Waals surface area contributed by atoms with E-state index in [4.69, 9.17) is 4.18 Å². The third kappa shape index (κ3) is 11.2. The van der Waals surface area contributed by atoms with Crippen molar-refractivity contribution in [1.29, 1.82) is 0 Å². The van der Waals surface area contributed by atoms with E-state index in [0.29, 0.717) is 28.4 Å². The number of anilines is 2. The number of benzene rings is 6. The van der Waals surface area contributed by atoms with Gasteiger partial charge < -0.3 is 18.6 Å². The van der Waals surface area contributed by atoms with Gasteiger partial charge in [0, 0.05) is 28.6 Å². The molecule has 0 heterocycles. The van der Waals surface area contributed by atoms with E-state index in [1.54, 1.807) is 31.2 Å². The van der Waals surface area contributed by atoms with Gasteiger partial charge in [-0.25, -0.2) is 16.8 Å². The van der Waals surface area contributed by atoms with Crippen LogP contribution < -0.4 is 68.6 Å². The molecule has 1 N–H and O–H groups in total. The molecule has 58 heavy (non-hydrogen) atoms. The van der Waals surface area contributed by atoms with Crippen molar-refractivity contribution in [2.24, 2.45) is 20.5 Å². The number of nitrogens with one attached hydrogen (secondary N) is 1. The van der Waals surface area contributed by atoms with Crippen LogP contribution in [-0.2, 0) is 30.4 Å². The van der Waals surface area contributed by atoms with Gasteiger partial charge in [0.15, 0.2) is 0 Å². The van der Waals surface area contributed by atoms with E-state index < -0.39 is 50.8 Å². The topological polar surface area (TPSA) is 262 Å². The molecule has 0 aliphatic carbocycles. The van der Waals surface area contributed by atoms with E-state index in [0.717, 1.165) is 29.8 Å². The van der Waals surface area contributed by atoms with Crippen LogP contribution in [0.4, 0.5) is 39.8 Å². The van der Waals surface area contributed by atoms with E-state index in [1.807, 2.05) is 6.92 Å². The zero-order chi connectivity index (χ0) is 40.4. The minimum atomic E-state index is -5.07. The van der Waals surface area contributed by atoms with Crippen LogP contribution in [0.5, 0.6) is 5.75 Å². The molecule has 0 aliphatic heterocycles. The van der Waals surface area contributed by atoms with Gasteiger partial charge in [0.2, 0.25) is 0 Å². The molecule has 0 aromatic heterocycles. The minimum Gasteiger partial charge on any atom is -0.744 e. The molecule has 6 aromatic rings. The molecule has 0 amide bonds. The number of hydrogen-bond acceptors (Lipinski definition) is 16. The van der Waals surface area contributed by atoms with Crippen LogP contribution in [0.3, 0.4) is 0 Å². The maximum Gasteiger partial charge on any atom is 1.00 e. The number of azo groups is 2. The number of non-ortho nitro benzene ring substituents is 1. The number of nitro benzene ring substituents is 1. The molecule has 0 bridgehead atoms. The van der Waals surface area contributed by atoms with Crippen molar-refractivity contribution in [1.82, 2.24) is 0 Å². The van der Waals surface area contributed by atoms with Crippen LogP contribution in [0, 0.1) is 24.0 Å². The molecule has 22 heteroatoms. The fraction of sp³-hybridized carbons (Fsp3) is 0.0556. The van der Waals surface area contributed by atoms with Gasteiger partial charge in [-0.15, -0.1) is 10.2 Å². The second kappa shape index (κ2) is 18.6. The van der Waals surface area contributed by atoms with Crippen molar-refractivity contribution in [2.45, 2.75) is 28.5 Å². The summed E-state index contributed by atoms with van der Waals surface area (Å²) >= 11 is 0. The number of hydrogen-bond donors (Lipinski definition) is 1. The average molecular weight is 861 g/mol. The van der Waals surface area contributed by atoms with Gasteiger partial charge in [0.1, 0.15) is 30.9 Å². The van der Waals surface area contributed by atoms with Crippen LogP contribution in [0.25, 0.3) is 10.8 Å².